The molecule has 1 unspecified atom stereocenters. The predicted molar refractivity (Wildman–Crippen MR) is 212 cm³/mol. The lowest BCUT2D eigenvalue weighted by Crippen LogP contribution is -2.22. The van der Waals surface area contributed by atoms with Crippen LogP contribution < -0.4 is 5.01 Å². The van der Waals surface area contributed by atoms with E-state index in [9.17, 15) is 9.90 Å². The number of carboxylic acid groups (broad SMARTS) is 1. The fourth-order valence-corrected chi connectivity index (χ4v) is 6.39. The van der Waals surface area contributed by atoms with Gasteiger partial charge in [-0.2, -0.15) is 5.10 Å². The van der Waals surface area contributed by atoms with Crippen molar-refractivity contribution in [3.8, 4) is 11.8 Å². The highest BCUT2D eigenvalue weighted by molar-refractivity contribution is 6.02. The SMILES string of the molecule is CCn1c(/C=C/c2ccc(C(=O)O)cc2)ccc1C1=NN(c2ccc(C#Cc3ccccc3)cc2)C(c2cc(C(C)(C)C)cc(C(C)(C)C)c2)C1. The van der Waals surface area contributed by atoms with Crippen molar-refractivity contribution in [3.05, 3.63) is 160 Å². The summed E-state index contributed by atoms with van der Waals surface area (Å²) in [5, 5.41) is 16.8. The fourth-order valence-electron chi connectivity index (χ4n) is 6.39. The van der Waals surface area contributed by atoms with Crippen molar-refractivity contribution in [1.29, 1.82) is 0 Å². The Balaban J connectivity index is 1.39. The maximum Gasteiger partial charge on any atom is 0.335 e. The van der Waals surface area contributed by atoms with Crippen LogP contribution in [0.15, 0.2) is 114 Å². The first-order chi connectivity index (χ1) is 24.3. The number of carbonyl (C=O) groups is 1. The molecule has 0 amide bonds. The van der Waals surface area contributed by atoms with Crippen molar-refractivity contribution in [2.24, 2.45) is 5.10 Å². The molecule has 5 heteroatoms. The van der Waals surface area contributed by atoms with E-state index < -0.39 is 5.97 Å². The van der Waals surface area contributed by atoms with Gasteiger partial charge in [0.05, 0.1) is 28.7 Å². The van der Waals surface area contributed by atoms with Crippen LogP contribution in [-0.4, -0.2) is 21.4 Å². The minimum Gasteiger partial charge on any atom is -0.478 e. The summed E-state index contributed by atoms with van der Waals surface area (Å²) in [6.07, 6.45) is 4.87. The van der Waals surface area contributed by atoms with E-state index in [1.165, 1.54) is 16.7 Å². The van der Waals surface area contributed by atoms with E-state index in [-0.39, 0.29) is 22.4 Å². The summed E-state index contributed by atoms with van der Waals surface area (Å²) >= 11 is 0. The molecular weight excluding hydrogens is 627 g/mol. The largest absolute Gasteiger partial charge is 0.478 e. The summed E-state index contributed by atoms with van der Waals surface area (Å²) in [5.74, 6) is 5.66. The Labute approximate surface area is 303 Å². The zero-order valence-corrected chi connectivity index (χ0v) is 30.7. The first kappa shape index (κ1) is 35.2. The lowest BCUT2D eigenvalue weighted by molar-refractivity contribution is 0.0697. The summed E-state index contributed by atoms with van der Waals surface area (Å²) in [4.78, 5) is 11.3. The van der Waals surface area contributed by atoms with E-state index >= 15 is 0 Å². The van der Waals surface area contributed by atoms with E-state index in [1.807, 2.05) is 48.5 Å². The highest BCUT2D eigenvalue weighted by Gasteiger charge is 2.33. The molecule has 0 radical (unpaired) electrons. The van der Waals surface area contributed by atoms with E-state index in [2.05, 4.69) is 131 Å². The lowest BCUT2D eigenvalue weighted by Gasteiger charge is -2.30. The van der Waals surface area contributed by atoms with Gasteiger partial charge in [-0.3, -0.25) is 5.01 Å². The second-order valence-electron chi connectivity index (χ2n) is 15.3. The third-order valence-electron chi connectivity index (χ3n) is 9.47. The molecule has 5 aromatic rings. The van der Waals surface area contributed by atoms with Crippen LogP contribution in [0.5, 0.6) is 0 Å². The molecule has 0 aliphatic carbocycles. The zero-order valence-electron chi connectivity index (χ0n) is 30.7. The molecule has 0 saturated carbocycles. The Morgan fingerprint density at radius 1 is 0.784 bits per heavy atom. The standard InChI is InChI=1S/C46H47N3O2/c1-8-48-39(23-18-34-16-21-35(22-17-34)44(50)51)26-27-42(48)41-31-43(36-28-37(45(2,3)4)30-38(29-36)46(5,6)7)49(47-41)40-24-19-33(20-25-40)15-14-32-12-10-9-11-13-32/h9-13,16-30,43H,8,31H2,1-7H3,(H,50,51)/b23-18+. The van der Waals surface area contributed by atoms with Crippen LogP contribution in [0.25, 0.3) is 12.2 Å². The van der Waals surface area contributed by atoms with Gasteiger partial charge in [0.2, 0.25) is 0 Å². The van der Waals surface area contributed by atoms with Crippen LogP contribution >= 0.6 is 0 Å². The molecule has 2 heterocycles. The molecule has 1 aromatic heterocycles. The van der Waals surface area contributed by atoms with E-state index in [0.717, 1.165) is 52.4 Å². The molecule has 6 rings (SSSR count). The molecule has 1 aliphatic rings. The zero-order chi connectivity index (χ0) is 36.3. The van der Waals surface area contributed by atoms with Gasteiger partial charge in [-0.15, -0.1) is 0 Å². The Morgan fingerprint density at radius 2 is 1.39 bits per heavy atom. The number of nitrogens with zero attached hydrogens (tertiary/aromatic N) is 3. The molecule has 5 nitrogen and oxygen atoms in total. The van der Waals surface area contributed by atoms with Crippen molar-refractivity contribution in [1.82, 2.24) is 4.57 Å². The van der Waals surface area contributed by atoms with E-state index in [1.54, 1.807) is 12.1 Å². The molecule has 0 bridgehead atoms. The first-order valence-electron chi connectivity index (χ1n) is 17.7. The van der Waals surface area contributed by atoms with Crippen molar-refractivity contribution in [2.75, 3.05) is 5.01 Å². The molecular formula is C46H47N3O2. The van der Waals surface area contributed by atoms with Crippen LogP contribution in [0, 0.1) is 11.8 Å². The second-order valence-corrected chi connectivity index (χ2v) is 15.3. The number of carboxylic acids is 1. The number of aromatic nitrogens is 1. The summed E-state index contributed by atoms with van der Waals surface area (Å²) in [6, 6.07) is 36.9. The topological polar surface area (TPSA) is 57.8 Å². The van der Waals surface area contributed by atoms with Gasteiger partial charge in [-0.05, 0) is 107 Å². The summed E-state index contributed by atoms with van der Waals surface area (Å²) in [7, 11) is 0. The Morgan fingerprint density at radius 3 is 1.96 bits per heavy atom. The minimum atomic E-state index is -0.924. The molecule has 0 spiro atoms. The number of rotatable bonds is 7. The number of benzene rings is 4. The highest BCUT2D eigenvalue weighted by Crippen LogP contribution is 2.40. The Hall–Kier alpha value is -5.60. The summed E-state index contributed by atoms with van der Waals surface area (Å²) in [5.41, 5.74) is 11.3. The number of hydrogen-bond acceptors (Lipinski definition) is 3. The molecule has 51 heavy (non-hydrogen) atoms. The average Bonchev–Trinajstić information content (AvgIpc) is 3.74. The Bertz CT molecular complexity index is 2110. The smallest absolute Gasteiger partial charge is 0.335 e. The van der Waals surface area contributed by atoms with Crippen molar-refractivity contribution >= 4 is 29.5 Å². The van der Waals surface area contributed by atoms with Gasteiger partial charge in [-0.25, -0.2) is 4.79 Å². The molecule has 1 atom stereocenters. The maximum atomic E-state index is 11.3. The quantitative estimate of drug-likeness (QED) is 0.175. The van der Waals surface area contributed by atoms with Gasteiger partial charge in [0.15, 0.2) is 0 Å². The molecule has 1 aliphatic heterocycles. The molecule has 0 fully saturated rings. The van der Waals surface area contributed by atoms with Crippen LogP contribution in [0.3, 0.4) is 0 Å². The second kappa shape index (κ2) is 14.3. The maximum absolute atomic E-state index is 11.3. The molecule has 0 saturated heterocycles. The third kappa shape index (κ3) is 8.08. The van der Waals surface area contributed by atoms with Gasteiger partial charge in [0.25, 0.3) is 0 Å². The van der Waals surface area contributed by atoms with Gasteiger partial charge in [-0.1, -0.05) is 108 Å². The predicted octanol–water partition coefficient (Wildman–Crippen LogP) is 10.7. The van der Waals surface area contributed by atoms with Crippen LogP contribution in [0.2, 0.25) is 0 Å². The van der Waals surface area contributed by atoms with Crippen molar-refractivity contribution in [2.45, 2.75) is 78.3 Å². The summed E-state index contributed by atoms with van der Waals surface area (Å²) in [6.45, 7) is 16.6. The molecule has 1 N–H and O–H groups in total. The van der Waals surface area contributed by atoms with Crippen molar-refractivity contribution in [3.63, 3.8) is 0 Å². The van der Waals surface area contributed by atoms with Gasteiger partial charge in [0, 0.05) is 29.8 Å². The average molecular weight is 674 g/mol. The molecule has 258 valence electrons. The van der Waals surface area contributed by atoms with Gasteiger partial charge >= 0.3 is 5.97 Å². The van der Waals surface area contributed by atoms with Crippen LogP contribution in [0.4, 0.5) is 5.69 Å². The van der Waals surface area contributed by atoms with Gasteiger partial charge in [0.1, 0.15) is 0 Å². The third-order valence-corrected chi connectivity index (χ3v) is 9.47. The van der Waals surface area contributed by atoms with Crippen LogP contribution in [0.1, 0.15) is 116 Å². The van der Waals surface area contributed by atoms with E-state index in [4.69, 9.17) is 5.10 Å². The number of hydrogen-bond donors (Lipinski definition) is 1. The highest BCUT2D eigenvalue weighted by atomic mass is 16.4. The number of aromatic carboxylic acids is 1. The van der Waals surface area contributed by atoms with Crippen LogP contribution in [-0.2, 0) is 17.4 Å². The van der Waals surface area contributed by atoms with Crippen molar-refractivity contribution < 1.29 is 9.90 Å². The first-order valence-corrected chi connectivity index (χ1v) is 17.7. The van der Waals surface area contributed by atoms with E-state index in [0.29, 0.717) is 0 Å². The fraction of sp³-hybridized carbons (Fsp3) is 0.261. The normalized spacial score (nSPS) is 14.8. The number of hydrazone groups is 1. The molecule has 4 aromatic carbocycles. The monoisotopic (exact) mass is 673 g/mol. The Kier molecular flexibility index (Phi) is 9.90. The lowest BCUT2D eigenvalue weighted by atomic mass is 9.78. The number of anilines is 1. The minimum absolute atomic E-state index is 0.00566. The summed E-state index contributed by atoms with van der Waals surface area (Å²) < 4.78 is 2.30. The van der Waals surface area contributed by atoms with Gasteiger partial charge < -0.3 is 9.67 Å².